The van der Waals surface area contributed by atoms with Gasteiger partial charge >= 0.3 is 11.9 Å². The zero-order valence-corrected chi connectivity index (χ0v) is 16.0. The Kier molecular flexibility index (Phi) is 5.89. The number of ether oxygens (including phenoxy) is 3. The molecule has 0 saturated heterocycles. The highest BCUT2D eigenvalue weighted by Crippen LogP contribution is 2.22. The average molecular weight is 379 g/mol. The molecule has 0 amide bonds. The van der Waals surface area contributed by atoms with Gasteiger partial charge in [0.2, 0.25) is 5.90 Å². The van der Waals surface area contributed by atoms with Gasteiger partial charge in [-0.15, -0.1) is 0 Å². The monoisotopic (exact) mass is 379 g/mol. The van der Waals surface area contributed by atoms with Gasteiger partial charge in [0.15, 0.2) is 12.3 Å². The zero-order chi connectivity index (χ0) is 20.1. The first-order valence-corrected chi connectivity index (χ1v) is 8.89. The molecule has 2 aromatic rings. The van der Waals surface area contributed by atoms with E-state index < -0.39 is 11.9 Å². The van der Waals surface area contributed by atoms with Crippen molar-refractivity contribution in [1.29, 1.82) is 0 Å². The summed E-state index contributed by atoms with van der Waals surface area (Å²) < 4.78 is 15.2. The Morgan fingerprint density at radius 3 is 2.61 bits per heavy atom. The van der Waals surface area contributed by atoms with Gasteiger partial charge in [0.05, 0.1) is 7.11 Å². The molecule has 1 aliphatic heterocycles. The fraction of sp³-hybridized carbons (Fsp3) is 0.227. The molecule has 144 valence electrons. The molecule has 3 rings (SSSR count). The smallest absolute Gasteiger partial charge is 0.363 e. The summed E-state index contributed by atoms with van der Waals surface area (Å²) >= 11 is 0. The van der Waals surface area contributed by atoms with Crippen molar-refractivity contribution >= 4 is 23.9 Å². The minimum atomic E-state index is -0.510. The summed E-state index contributed by atoms with van der Waals surface area (Å²) in [5, 5.41) is 0. The van der Waals surface area contributed by atoms with E-state index in [4.69, 9.17) is 9.47 Å². The molecule has 0 fully saturated rings. The van der Waals surface area contributed by atoms with Crippen LogP contribution in [-0.4, -0.2) is 31.6 Å². The van der Waals surface area contributed by atoms with E-state index in [1.54, 1.807) is 30.3 Å². The average Bonchev–Trinajstić information content (AvgIpc) is 3.06. The Hall–Kier alpha value is -3.41. The van der Waals surface area contributed by atoms with Crippen molar-refractivity contribution in [2.45, 2.75) is 19.8 Å². The predicted molar refractivity (Wildman–Crippen MR) is 105 cm³/mol. The van der Waals surface area contributed by atoms with E-state index in [-0.39, 0.29) is 18.2 Å². The second-order valence-electron chi connectivity index (χ2n) is 6.55. The van der Waals surface area contributed by atoms with Crippen LogP contribution in [0.2, 0.25) is 0 Å². The van der Waals surface area contributed by atoms with Crippen molar-refractivity contribution in [3.05, 3.63) is 70.9 Å². The Balaban J connectivity index is 1.78. The molecule has 0 atom stereocenters. The molecule has 0 unspecified atom stereocenters. The van der Waals surface area contributed by atoms with Gasteiger partial charge in [0.1, 0.15) is 5.75 Å². The van der Waals surface area contributed by atoms with Crippen molar-refractivity contribution < 1.29 is 23.8 Å². The van der Waals surface area contributed by atoms with Crippen LogP contribution in [0.15, 0.2) is 59.2 Å². The molecular weight excluding hydrogens is 358 g/mol. The number of cyclic esters (lactones) is 1. The Labute approximate surface area is 163 Å². The van der Waals surface area contributed by atoms with E-state index in [1.165, 1.54) is 12.7 Å². The molecule has 0 saturated carbocycles. The summed E-state index contributed by atoms with van der Waals surface area (Å²) in [6, 6.07) is 14.8. The summed E-state index contributed by atoms with van der Waals surface area (Å²) in [6.07, 6.45) is 1.61. The maximum atomic E-state index is 12.2. The molecule has 1 heterocycles. The number of aliphatic imine (C=N–C) groups is 1. The fourth-order valence-corrected chi connectivity index (χ4v) is 2.60. The maximum absolute atomic E-state index is 12.2. The number of carbonyl (C=O) groups excluding carboxylic acids is 2. The summed E-state index contributed by atoms with van der Waals surface area (Å²) in [5.41, 5.74) is 2.85. The standard InChI is InChI=1S/C22H21NO5/c1-14(2)16-7-9-17(10-8-16)21-23-19(22(25)28-21)12-15-5-4-6-18(11-15)27-13-20(24)26-3/h4-12,14H,13H2,1-3H3/b19-12-. The zero-order valence-electron chi connectivity index (χ0n) is 16.0. The van der Waals surface area contributed by atoms with Crippen LogP contribution in [0.25, 0.3) is 6.08 Å². The number of hydrogen-bond donors (Lipinski definition) is 0. The Bertz CT molecular complexity index is 942. The van der Waals surface area contributed by atoms with Gasteiger partial charge in [-0.1, -0.05) is 38.1 Å². The number of rotatable bonds is 6. The van der Waals surface area contributed by atoms with Crippen molar-refractivity contribution in [3.8, 4) is 5.75 Å². The summed E-state index contributed by atoms with van der Waals surface area (Å²) in [4.78, 5) is 27.7. The number of hydrogen-bond acceptors (Lipinski definition) is 6. The Morgan fingerprint density at radius 1 is 1.18 bits per heavy atom. The van der Waals surface area contributed by atoms with Crippen molar-refractivity contribution in [2.24, 2.45) is 4.99 Å². The van der Waals surface area contributed by atoms with E-state index in [0.717, 1.165) is 5.56 Å². The van der Waals surface area contributed by atoms with Crippen LogP contribution in [-0.2, 0) is 19.1 Å². The van der Waals surface area contributed by atoms with Crippen molar-refractivity contribution in [2.75, 3.05) is 13.7 Å². The number of benzene rings is 2. The third kappa shape index (κ3) is 4.65. The van der Waals surface area contributed by atoms with E-state index in [2.05, 4.69) is 23.6 Å². The van der Waals surface area contributed by atoms with Crippen LogP contribution in [0.5, 0.6) is 5.75 Å². The molecule has 2 aromatic carbocycles. The highest BCUT2D eigenvalue weighted by molar-refractivity contribution is 6.12. The van der Waals surface area contributed by atoms with Gasteiger partial charge in [-0.3, -0.25) is 0 Å². The van der Waals surface area contributed by atoms with Gasteiger partial charge in [-0.05, 0) is 47.4 Å². The molecule has 0 bridgehead atoms. The maximum Gasteiger partial charge on any atom is 0.363 e. The lowest BCUT2D eigenvalue weighted by Crippen LogP contribution is -2.12. The summed E-state index contributed by atoms with van der Waals surface area (Å²) in [5.74, 6) is 0.208. The van der Waals surface area contributed by atoms with Gasteiger partial charge in [-0.25, -0.2) is 14.6 Å². The lowest BCUT2D eigenvalue weighted by atomic mass is 10.0. The highest BCUT2D eigenvalue weighted by Gasteiger charge is 2.24. The number of nitrogens with zero attached hydrogens (tertiary/aromatic N) is 1. The normalized spacial score (nSPS) is 14.8. The molecule has 0 radical (unpaired) electrons. The van der Waals surface area contributed by atoms with Crippen LogP contribution in [0, 0.1) is 0 Å². The first kappa shape index (κ1) is 19.4. The molecule has 0 aromatic heterocycles. The molecule has 0 N–H and O–H groups in total. The lowest BCUT2D eigenvalue weighted by Gasteiger charge is -2.05. The second kappa shape index (κ2) is 8.52. The van der Waals surface area contributed by atoms with Gasteiger partial charge in [0, 0.05) is 5.56 Å². The van der Waals surface area contributed by atoms with Crippen molar-refractivity contribution in [1.82, 2.24) is 0 Å². The van der Waals surface area contributed by atoms with E-state index in [1.807, 2.05) is 24.3 Å². The number of carbonyl (C=O) groups is 2. The van der Waals surface area contributed by atoms with Crippen LogP contribution in [0.1, 0.15) is 36.5 Å². The molecule has 0 aliphatic carbocycles. The lowest BCUT2D eigenvalue weighted by molar-refractivity contribution is -0.142. The molecule has 0 spiro atoms. The van der Waals surface area contributed by atoms with Crippen LogP contribution >= 0.6 is 0 Å². The molecule has 6 heteroatoms. The third-order valence-corrected chi connectivity index (χ3v) is 4.19. The first-order valence-electron chi connectivity index (χ1n) is 8.89. The van der Waals surface area contributed by atoms with Gasteiger partial charge in [0.25, 0.3) is 0 Å². The SMILES string of the molecule is COC(=O)COc1cccc(/C=C2\N=C(c3ccc(C(C)C)cc3)OC2=O)c1. The molecule has 28 heavy (non-hydrogen) atoms. The fourth-order valence-electron chi connectivity index (χ4n) is 2.60. The van der Waals surface area contributed by atoms with Crippen LogP contribution in [0.3, 0.4) is 0 Å². The quantitative estimate of drug-likeness (QED) is 0.565. The predicted octanol–water partition coefficient (Wildman–Crippen LogP) is 3.71. The largest absolute Gasteiger partial charge is 0.482 e. The minimum absolute atomic E-state index is 0.187. The molecule has 6 nitrogen and oxygen atoms in total. The molecule has 1 aliphatic rings. The number of methoxy groups -OCH3 is 1. The highest BCUT2D eigenvalue weighted by atomic mass is 16.6. The van der Waals surface area contributed by atoms with Gasteiger partial charge in [-0.2, -0.15) is 0 Å². The third-order valence-electron chi connectivity index (χ3n) is 4.19. The Morgan fingerprint density at radius 2 is 1.93 bits per heavy atom. The summed E-state index contributed by atoms with van der Waals surface area (Å²) in [7, 11) is 1.30. The van der Waals surface area contributed by atoms with E-state index in [9.17, 15) is 9.59 Å². The minimum Gasteiger partial charge on any atom is -0.482 e. The first-order chi connectivity index (χ1) is 13.5. The van der Waals surface area contributed by atoms with Crippen molar-refractivity contribution in [3.63, 3.8) is 0 Å². The second-order valence-corrected chi connectivity index (χ2v) is 6.55. The van der Waals surface area contributed by atoms with E-state index >= 15 is 0 Å². The van der Waals surface area contributed by atoms with Crippen LogP contribution < -0.4 is 4.74 Å². The van der Waals surface area contributed by atoms with Gasteiger partial charge < -0.3 is 14.2 Å². The van der Waals surface area contributed by atoms with Crippen LogP contribution in [0.4, 0.5) is 0 Å². The molecular formula is C22H21NO5. The topological polar surface area (TPSA) is 74.2 Å². The van der Waals surface area contributed by atoms with E-state index in [0.29, 0.717) is 17.2 Å². The summed E-state index contributed by atoms with van der Waals surface area (Å²) in [6.45, 7) is 4.05. The number of esters is 2.